The molecule has 0 saturated heterocycles. The Morgan fingerprint density at radius 2 is 1.60 bits per heavy atom. The topological polar surface area (TPSA) is 87.7 Å². The maximum atomic E-state index is 14.4. The average Bonchev–Trinajstić information content (AvgIpc) is 2.89. The van der Waals surface area contributed by atoms with Gasteiger partial charge in [-0.25, -0.2) is 4.79 Å². The van der Waals surface area contributed by atoms with Gasteiger partial charge in [-0.2, -0.15) is 0 Å². The molecule has 2 atom stereocenters. The highest BCUT2D eigenvalue weighted by Crippen LogP contribution is 2.30. The van der Waals surface area contributed by atoms with Gasteiger partial charge in [0.15, 0.2) is 0 Å². The third-order valence-corrected chi connectivity index (χ3v) is 7.34. The third kappa shape index (κ3) is 11.0. The lowest BCUT2D eigenvalue weighted by Crippen LogP contribution is -2.54. The number of alkyl carbamates (subject to hydrolysis) is 1. The van der Waals surface area contributed by atoms with Crippen molar-refractivity contribution in [3.05, 3.63) is 64.2 Å². The fraction of sp³-hybridized carbons (Fsp3) is 0.559. The van der Waals surface area contributed by atoms with E-state index in [1.807, 2.05) is 64.1 Å². The first-order chi connectivity index (χ1) is 19.7. The molecule has 42 heavy (non-hydrogen) atoms. The van der Waals surface area contributed by atoms with Crippen LogP contribution in [0.4, 0.5) is 10.5 Å². The summed E-state index contributed by atoms with van der Waals surface area (Å²) in [6.07, 6.45) is 5.50. The molecule has 0 aliphatic rings. The van der Waals surface area contributed by atoms with Crippen molar-refractivity contribution in [1.29, 1.82) is 0 Å². The molecule has 3 amide bonds. The number of nitrogens with one attached hydrogen (secondary N) is 2. The molecule has 0 bridgehead atoms. The molecule has 0 heterocycles. The number of ether oxygens (including phenoxy) is 1. The fourth-order valence-electron chi connectivity index (χ4n) is 4.85. The lowest BCUT2D eigenvalue weighted by atomic mass is 9.97. The number of halogens is 1. The molecule has 2 rings (SSSR count). The molecule has 8 heteroatoms. The zero-order valence-electron chi connectivity index (χ0n) is 26.7. The zero-order valence-corrected chi connectivity index (χ0v) is 27.4. The van der Waals surface area contributed by atoms with Gasteiger partial charge in [-0.05, 0) is 64.2 Å². The summed E-state index contributed by atoms with van der Waals surface area (Å²) in [6, 6.07) is 11.2. The van der Waals surface area contributed by atoms with Crippen molar-refractivity contribution >= 4 is 35.2 Å². The maximum absolute atomic E-state index is 14.4. The first-order valence-electron chi connectivity index (χ1n) is 15.2. The molecule has 0 radical (unpaired) electrons. The van der Waals surface area contributed by atoms with Crippen LogP contribution in [0.2, 0.25) is 5.02 Å². The van der Waals surface area contributed by atoms with E-state index in [4.69, 9.17) is 16.3 Å². The van der Waals surface area contributed by atoms with E-state index in [-0.39, 0.29) is 17.7 Å². The standard InChI is InChI=1S/C34H50ClN3O4/c1-9-10-11-12-13-14-21-38(32(40)28(23(2)3)37-33(41)42-34(6,7)8)30(26-19-15-17-24(4)22-26)31(39)36-29-25(5)18-16-20-27(29)35/h15-20,22-23,28,30H,9-14,21H2,1-8H3,(H,36,39)(H,37,41). The Hall–Kier alpha value is -3.06. The van der Waals surface area contributed by atoms with E-state index >= 15 is 0 Å². The number of benzene rings is 2. The molecule has 0 aliphatic heterocycles. The molecule has 2 aromatic carbocycles. The summed E-state index contributed by atoms with van der Waals surface area (Å²) in [5, 5.41) is 6.23. The summed E-state index contributed by atoms with van der Waals surface area (Å²) >= 11 is 6.48. The Morgan fingerprint density at radius 1 is 0.952 bits per heavy atom. The molecule has 7 nitrogen and oxygen atoms in total. The number of carbonyl (C=O) groups is 3. The number of aryl methyl sites for hydroxylation is 2. The molecule has 2 aromatic rings. The van der Waals surface area contributed by atoms with Crippen LogP contribution in [0, 0.1) is 19.8 Å². The van der Waals surface area contributed by atoms with Gasteiger partial charge >= 0.3 is 6.09 Å². The van der Waals surface area contributed by atoms with Gasteiger partial charge in [-0.1, -0.05) is 106 Å². The largest absolute Gasteiger partial charge is 0.444 e. The van der Waals surface area contributed by atoms with Crippen molar-refractivity contribution in [2.45, 2.75) is 112 Å². The number of hydrogen-bond acceptors (Lipinski definition) is 4. The number of hydrogen-bond donors (Lipinski definition) is 2. The van der Waals surface area contributed by atoms with Gasteiger partial charge in [0, 0.05) is 6.54 Å². The second-order valence-electron chi connectivity index (χ2n) is 12.4. The average molecular weight is 600 g/mol. The van der Waals surface area contributed by atoms with Gasteiger partial charge in [0.05, 0.1) is 10.7 Å². The van der Waals surface area contributed by atoms with Crippen LogP contribution >= 0.6 is 11.6 Å². The highest BCUT2D eigenvalue weighted by atomic mass is 35.5. The molecule has 232 valence electrons. The molecular weight excluding hydrogens is 550 g/mol. The lowest BCUT2D eigenvalue weighted by molar-refractivity contribution is -0.141. The Bertz CT molecular complexity index is 1170. The van der Waals surface area contributed by atoms with Crippen LogP contribution in [-0.4, -0.2) is 41.0 Å². The van der Waals surface area contributed by atoms with Crippen LogP contribution in [0.1, 0.15) is 103 Å². The van der Waals surface area contributed by atoms with Crippen molar-refractivity contribution < 1.29 is 19.1 Å². The van der Waals surface area contributed by atoms with E-state index in [9.17, 15) is 14.4 Å². The summed E-state index contributed by atoms with van der Waals surface area (Å²) in [7, 11) is 0. The molecule has 0 aliphatic carbocycles. The van der Waals surface area contributed by atoms with Crippen molar-refractivity contribution in [2.75, 3.05) is 11.9 Å². The predicted molar refractivity (Wildman–Crippen MR) is 172 cm³/mol. The van der Waals surface area contributed by atoms with E-state index < -0.39 is 23.8 Å². The minimum atomic E-state index is -0.939. The smallest absolute Gasteiger partial charge is 0.408 e. The van der Waals surface area contributed by atoms with Gasteiger partial charge in [0.2, 0.25) is 5.91 Å². The lowest BCUT2D eigenvalue weighted by Gasteiger charge is -2.36. The van der Waals surface area contributed by atoms with E-state index in [1.54, 1.807) is 31.7 Å². The SMILES string of the molecule is CCCCCCCCN(C(=O)C(NC(=O)OC(C)(C)C)C(C)C)C(C(=O)Nc1c(C)cccc1Cl)c1cccc(C)c1. The van der Waals surface area contributed by atoms with Crippen molar-refractivity contribution in [3.63, 3.8) is 0 Å². The number of rotatable bonds is 14. The van der Waals surface area contributed by atoms with Crippen LogP contribution in [0.15, 0.2) is 42.5 Å². The first-order valence-corrected chi connectivity index (χ1v) is 15.6. The summed E-state index contributed by atoms with van der Waals surface area (Å²) in [5.41, 5.74) is 2.28. The summed E-state index contributed by atoms with van der Waals surface area (Å²) in [5.74, 6) is -0.943. The van der Waals surface area contributed by atoms with E-state index in [2.05, 4.69) is 17.6 Å². The van der Waals surface area contributed by atoms with E-state index in [1.165, 1.54) is 6.42 Å². The predicted octanol–water partition coefficient (Wildman–Crippen LogP) is 8.38. The van der Waals surface area contributed by atoms with E-state index in [0.717, 1.165) is 43.2 Å². The molecule has 0 fully saturated rings. The number of unbranched alkanes of at least 4 members (excludes halogenated alkanes) is 5. The molecule has 2 N–H and O–H groups in total. The molecular formula is C34H50ClN3O4. The monoisotopic (exact) mass is 599 g/mol. The summed E-state index contributed by atoms with van der Waals surface area (Å²) in [6.45, 7) is 15.4. The van der Waals surface area contributed by atoms with Gasteiger partial charge in [0.1, 0.15) is 17.7 Å². The Kier molecular flexibility index (Phi) is 13.8. The fourth-order valence-corrected chi connectivity index (χ4v) is 5.12. The number of anilines is 1. The molecule has 0 aromatic heterocycles. The van der Waals surface area contributed by atoms with Gasteiger partial charge in [0.25, 0.3) is 5.91 Å². The molecule has 2 unspecified atom stereocenters. The van der Waals surface area contributed by atoms with Gasteiger partial charge < -0.3 is 20.3 Å². The Balaban J connectivity index is 2.54. The van der Waals surface area contributed by atoms with Gasteiger partial charge in [-0.15, -0.1) is 0 Å². The molecule has 0 spiro atoms. The summed E-state index contributed by atoms with van der Waals surface area (Å²) in [4.78, 5) is 43.0. The summed E-state index contributed by atoms with van der Waals surface area (Å²) < 4.78 is 5.48. The zero-order chi connectivity index (χ0) is 31.4. The normalized spacial score (nSPS) is 12.9. The first kappa shape index (κ1) is 35.1. The second-order valence-corrected chi connectivity index (χ2v) is 12.8. The van der Waals surface area contributed by atoms with E-state index in [0.29, 0.717) is 22.8 Å². The number of nitrogens with zero attached hydrogens (tertiary/aromatic N) is 1. The van der Waals surface area contributed by atoms with Crippen molar-refractivity contribution in [1.82, 2.24) is 10.2 Å². The minimum absolute atomic E-state index is 0.246. The maximum Gasteiger partial charge on any atom is 0.408 e. The highest BCUT2D eigenvalue weighted by molar-refractivity contribution is 6.34. The second kappa shape index (κ2) is 16.5. The Morgan fingerprint density at radius 3 is 2.19 bits per heavy atom. The highest BCUT2D eigenvalue weighted by Gasteiger charge is 2.37. The molecule has 0 saturated carbocycles. The number of carbonyl (C=O) groups excluding carboxylic acids is 3. The van der Waals surface area contributed by atoms with Crippen LogP contribution in [0.5, 0.6) is 0 Å². The van der Waals surface area contributed by atoms with Crippen LogP contribution in [-0.2, 0) is 14.3 Å². The van der Waals surface area contributed by atoms with Gasteiger partial charge in [-0.3, -0.25) is 9.59 Å². The third-order valence-electron chi connectivity index (χ3n) is 7.03. The quantitative estimate of drug-likeness (QED) is 0.213. The van der Waals surface area contributed by atoms with Crippen molar-refractivity contribution in [2.24, 2.45) is 5.92 Å². The van der Waals surface area contributed by atoms with Crippen molar-refractivity contribution in [3.8, 4) is 0 Å². The number of para-hydroxylation sites is 1. The van der Waals surface area contributed by atoms with Crippen LogP contribution in [0.25, 0.3) is 0 Å². The van der Waals surface area contributed by atoms with Crippen LogP contribution in [0.3, 0.4) is 0 Å². The van der Waals surface area contributed by atoms with Crippen LogP contribution < -0.4 is 10.6 Å². The Labute approximate surface area is 257 Å². The minimum Gasteiger partial charge on any atom is -0.444 e. The number of amides is 3.